The Morgan fingerprint density at radius 2 is 1.53 bits per heavy atom. The maximum atomic E-state index is 13.4. The molecule has 3 aliphatic rings. The van der Waals surface area contributed by atoms with Gasteiger partial charge in [0.1, 0.15) is 11.4 Å². The number of carbonyl (C=O) groups is 3. The van der Waals surface area contributed by atoms with Crippen LogP contribution in [0.4, 0.5) is 0 Å². The Bertz CT molecular complexity index is 1490. The van der Waals surface area contributed by atoms with Crippen molar-refractivity contribution in [2.24, 2.45) is 0 Å². The molecule has 1 heterocycles. The zero-order chi connectivity index (χ0) is 27.2. The van der Waals surface area contributed by atoms with E-state index in [9.17, 15) is 27.9 Å². The van der Waals surface area contributed by atoms with Crippen molar-refractivity contribution in [1.82, 2.24) is 4.90 Å². The molecule has 2 aliphatic carbocycles. The average molecular weight is 576 g/mol. The van der Waals surface area contributed by atoms with Crippen molar-refractivity contribution in [3.05, 3.63) is 80.6 Å². The van der Waals surface area contributed by atoms with Gasteiger partial charge in [0.05, 0.1) is 5.02 Å². The van der Waals surface area contributed by atoms with Gasteiger partial charge in [0.2, 0.25) is 0 Å². The molecule has 0 saturated carbocycles. The predicted molar refractivity (Wildman–Crippen MR) is 140 cm³/mol. The summed E-state index contributed by atoms with van der Waals surface area (Å²) in [6.45, 7) is -0.396. The Morgan fingerprint density at radius 1 is 0.947 bits per heavy atom. The molecular weight excluding hydrogens is 553 g/mol. The number of carbonyl (C=O) groups excluding carboxylic acids is 2. The van der Waals surface area contributed by atoms with Gasteiger partial charge in [-0.05, 0) is 49.9 Å². The number of Topliss-reactive ketones (excluding diaryl/α,β-unsaturated/α-hetero) is 2. The Hall–Kier alpha value is -3.14. The summed E-state index contributed by atoms with van der Waals surface area (Å²) in [4.78, 5) is 40.1. The van der Waals surface area contributed by atoms with E-state index in [1.165, 1.54) is 24.3 Å². The number of nitrogens with zero attached hydrogens (tertiary/aromatic N) is 1. The van der Waals surface area contributed by atoms with E-state index in [2.05, 4.69) is 0 Å². The molecular formula is C27H23Cl2NO7S. The first-order valence-corrected chi connectivity index (χ1v) is 14.2. The fourth-order valence-corrected chi connectivity index (χ4v) is 7.07. The van der Waals surface area contributed by atoms with Crippen LogP contribution in [0, 0.1) is 0 Å². The fraction of sp³-hybridized carbons (Fsp3) is 0.296. The lowest BCUT2D eigenvalue weighted by Gasteiger charge is -2.43. The standard InChI is InChI=1S/C27H23Cl2NO7S/c28-15-12-17(27(18(29)13-15)37-38(35,36)16-6-2-1-3-7-16)24-25-19(8-4-10-21(25)31)30(14-23(33)34)20-9-5-11-22(32)26(20)24/h1-3,6-7,12-13,24H,4-5,8-11,14H2,(H,33,34). The van der Waals surface area contributed by atoms with Gasteiger partial charge in [-0.25, -0.2) is 0 Å². The number of ketones is 2. The molecule has 0 radical (unpaired) electrons. The summed E-state index contributed by atoms with van der Waals surface area (Å²) in [6, 6.07) is 10.3. The van der Waals surface area contributed by atoms with E-state index in [1.807, 2.05) is 0 Å². The Labute approximate surface area is 229 Å². The fourth-order valence-electron chi connectivity index (χ4n) is 5.48. The number of carboxylic acids is 1. The molecule has 0 atom stereocenters. The summed E-state index contributed by atoms with van der Waals surface area (Å²) in [6.07, 6.45) is 2.34. The first kappa shape index (κ1) is 26.5. The van der Waals surface area contributed by atoms with Crippen LogP contribution in [0.25, 0.3) is 0 Å². The number of aliphatic carboxylic acids is 1. The topological polar surface area (TPSA) is 118 Å². The maximum absolute atomic E-state index is 13.4. The smallest absolute Gasteiger partial charge is 0.339 e. The van der Waals surface area contributed by atoms with Crippen LogP contribution < -0.4 is 4.18 Å². The average Bonchev–Trinajstić information content (AvgIpc) is 2.87. The second kappa shape index (κ2) is 10.2. The number of rotatable bonds is 6. The third kappa shape index (κ3) is 4.74. The zero-order valence-corrected chi connectivity index (χ0v) is 22.4. The highest BCUT2D eigenvalue weighted by Gasteiger charge is 2.45. The molecule has 2 aromatic rings. The summed E-state index contributed by atoms with van der Waals surface area (Å²) in [5, 5.41) is 9.70. The summed E-state index contributed by atoms with van der Waals surface area (Å²) < 4.78 is 32.0. The van der Waals surface area contributed by atoms with Crippen LogP contribution >= 0.6 is 23.2 Å². The van der Waals surface area contributed by atoms with E-state index < -0.39 is 28.6 Å². The van der Waals surface area contributed by atoms with E-state index in [-0.39, 0.29) is 61.8 Å². The van der Waals surface area contributed by atoms with Gasteiger partial charge in [0.15, 0.2) is 17.3 Å². The lowest BCUT2D eigenvalue weighted by molar-refractivity contribution is -0.138. The molecule has 198 valence electrons. The third-order valence-electron chi connectivity index (χ3n) is 6.95. The highest BCUT2D eigenvalue weighted by Crippen LogP contribution is 2.52. The van der Waals surface area contributed by atoms with Gasteiger partial charge in [-0.3, -0.25) is 14.4 Å². The molecule has 0 amide bonds. The molecule has 1 aliphatic heterocycles. The molecule has 0 fully saturated rings. The summed E-state index contributed by atoms with van der Waals surface area (Å²) >= 11 is 12.9. The number of hydrogen-bond acceptors (Lipinski definition) is 7. The molecule has 1 N–H and O–H groups in total. The second-order valence-electron chi connectivity index (χ2n) is 9.34. The van der Waals surface area contributed by atoms with Gasteiger partial charge in [-0.1, -0.05) is 41.4 Å². The molecule has 0 saturated heterocycles. The SMILES string of the molecule is O=C(O)CN1C2=C(C(=O)CCC2)C(c2cc(Cl)cc(Cl)c2OS(=O)(=O)c2ccccc2)C2=C1CCCC2=O. The molecule has 0 unspecified atom stereocenters. The zero-order valence-electron chi connectivity index (χ0n) is 20.1. The Morgan fingerprint density at radius 3 is 2.08 bits per heavy atom. The molecule has 0 aromatic heterocycles. The molecule has 8 nitrogen and oxygen atoms in total. The van der Waals surface area contributed by atoms with Gasteiger partial charge in [0.25, 0.3) is 0 Å². The highest BCUT2D eigenvalue weighted by molar-refractivity contribution is 7.87. The molecule has 5 rings (SSSR count). The minimum absolute atomic E-state index is 0.101. The third-order valence-corrected chi connectivity index (χ3v) is 8.69. The first-order valence-electron chi connectivity index (χ1n) is 12.1. The van der Waals surface area contributed by atoms with E-state index in [4.69, 9.17) is 27.4 Å². The molecule has 11 heteroatoms. The van der Waals surface area contributed by atoms with Crippen LogP contribution in [0.5, 0.6) is 5.75 Å². The molecule has 0 bridgehead atoms. The van der Waals surface area contributed by atoms with Gasteiger partial charge in [-0.2, -0.15) is 8.42 Å². The lowest BCUT2D eigenvalue weighted by Crippen LogP contribution is -2.41. The van der Waals surface area contributed by atoms with E-state index in [0.29, 0.717) is 37.1 Å². The highest BCUT2D eigenvalue weighted by atomic mass is 35.5. The van der Waals surface area contributed by atoms with E-state index in [1.54, 1.807) is 23.1 Å². The minimum Gasteiger partial charge on any atom is -0.480 e. The summed E-state index contributed by atoms with van der Waals surface area (Å²) in [5.74, 6) is -2.81. The second-order valence-corrected chi connectivity index (χ2v) is 11.7. The van der Waals surface area contributed by atoms with E-state index >= 15 is 0 Å². The number of hydrogen-bond donors (Lipinski definition) is 1. The van der Waals surface area contributed by atoms with Crippen molar-refractivity contribution in [3.8, 4) is 5.75 Å². The minimum atomic E-state index is -4.34. The lowest BCUT2D eigenvalue weighted by atomic mass is 9.70. The van der Waals surface area contributed by atoms with Crippen molar-refractivity contribution in [1.29, 1.82) is 0 Å². The molecule has 2 aromatic carbocycles. The predicted octanol–water partition coefficient (Wildman–Crippen LogP) is 5.26. The van der Waals surface area contributed by atoms with Gasteiger partial charge >= 0.3 is 16.1 Å². The van der Waals surface area contributed by atoms with Crippen molar-refractivity contribution in [3.63, 3.8) is 0 Å². The largest absolute Gasteiger partial charge is 0.480 e. The quantitative estimate of drug-likeness (QED) is 0.463. The maximum Gasteiger partial charge on any atom is 0.339 e. The van der Waals surface area contributed by atoms with Crippen molar-refractivity contribution in [2.45, 2.75) is 49.3 Å². The molecule has 0 spiro atoms. The van der Waals surface area contributed by atoms with Crippen LogP contribution in [-0.2, 0) is 24.5 Å². The van der Waals surface area contributed by atoms with Gasteiger partial charge in [-0.15, -0.1) is 0 Å². The van der Waals surface area contributed by atoms with E-state index in [0.717, 1.165) is 0 Å². The number of halogens is 2. The Kier molecular flexibility index (Phi) is 7.11. The van der Waals surface area contributed by atoms with Gasteiger partial charge < -0.3 is 14.2 Å². The Balaban J connectivity index is 1.76. The first-order chi connectivity index (χ1) is 18.1. The molecule has 38 heavy (non-hydrogen) atoms. The number of allylic oxidation sites excluding steroid dienone is 4. The van der Waals surface area contributed by atoms with Crippen LogP contribution in [0.1, 0.15) is 50.0 Å². The monoisotopic (exact) mass is 575 g/mol. The van der Waals surface area contributed by atoms with Crippen molar-refractivity contribution >= 4 is 50.9 Å². The summed E-state index contributed by atoms with van der Waals surface area (Å²) in [7, 11) is -4.34. The van der Waals surface area contributed by atoms with Crippen molar-refractivity contribution in [2.75, 3.05) is 6.54 Å². The van der Waals surface area contributed by atoms with Crippen LogP contribution in [-0.4, -0.2) is 42.5 Å². The van der Waals surface area contributed by atoms with Gasteiger partial charge in [0, 0.05) is 51.9 Å². The number of carboxylic acid groups (broad SMARTS) is 1. The number of benzene rings is 2. The summed E-state index contributed by atoms with van der Waals surface area (Å²) in [5.41, 5.74) is 1.73. The van der Waals surface area contributed by atoms with Crippen LogP contribution in [0.3, 0.4) is 0 Å². The van der Waals surface area contributed by atoms with Crippen molar-refractivity contribution < 1.29 is 32.1 Å². The van der Waals surface area contributed by atoms with Crippen LogP contribution in [0.2, 0.25) is 10.0 Å². The van der Waals surface area contributed by atoms with Crippen LogP contribution in [0.15, 0.2) is 69.9 Å². The normalized spacial score (nSPS) is 18.4.